The normalized spacial score (nSPS) is 10.3. The standard InChI is InChI=1S/2Na.H2O8S2.S/c;;1-9(2,3)7-8-10(4,5)6;/h;;(H,1,2,3)(H,4,5,6);/q2*+1;;-2/p+1. The summed E-state index contributed by atoms with van der Waals surface area (Å²) in [6.45, 7) is 0. The molecule has 0 radical (unpaired) electrons. The monoisotopic (exact) mass is 273 g/mol. The Balaban J connectivity index is -0.0000000675. The Labute approximate surface area is 128 Å². The summed E-state index contributed by atoms with van der Waals surface area (Å²) < 4.78 is 58.9. The molecule has 0 aliphatic carbocycles. The molecule has 0 aliphatic rings. The molecule has 0 heterocycles. The number of hydrogen-bond donors (Lipinski definition) is 2. The summed E-state index contributed by atoms with van der Waals surface area (Å²) in [6.07, 6.45) is 0. The Morgan fingerprint density at radius 3 is 1.08 bits per heavy atom. The van der Waals surface area contributed by atoms with Crippen LogP contribution in [0.15, 0.2) is 0 Å². The van der Waals surface area contributed by atoms with Crippen LogP contribution in [0.2, 0.25) is 0 Å². The maximum Gasteiger partial charge on any atom is 1.00 e. The molecule has 13 heavy (non-hydrogen) atoms. The van der Waals surface area contributed by atoms with Crippen molar-refractivity contribution < 1.29 is 95.1 Å². The molecular formula is H3Na2O8S3+. The first kappa shape index (κ1) is 24.4. The van der Waals surface area contributed by atoms with Gasteiger partial charge >= 0.3 is 81.3 Å². The van der Waals surface area contributed by atoms with Crippen LogP contribution in [0.1, 0.15) is 1.43 Å². The fraction of sp³-hybridized carbons (Fsp3) is 0. The van der Waals surface area contributed by atoms with Gasteiger partial charge in [0, 0.05) is 0 Å². The molecule has 0 aromatic heterocycles. The predicted molar refractivity (Wildman–Crippen MR) is 33.7 cm³/mol. The topological polar surface area (TPSA) is 127 Å². The van der Waals surface area contributed by atoms with Crippen LogP contribution in [0.4, 0.5) is 0 Å². The molecule has 0 saturated carbocycles. The Hall–Kier alpha value is 2.09. The van der Waals surface area contributed by atoms with Crippen LogP contribution in [0.5, 0.6) is 0 Å². The van der Waals surface area contributed by atoms with E-state index in [4.69, 9.17) is 9.11 Å². The molecule has 0 aromatic carbocycles. The third-order valence-electron chi connectivity index (χ3n) is 0.200. The third-order valence-corrected chi connectivity index (χ3v) is 0.766. The zero-order valence-corrected chi connectivity index (χ0v) is 13.0. The number of rotatable bonds is 3. The second-order valence-corrected chi connectivity index (χ2v) is 2.97. The van der Waals surface area contributed by atoms with Crippen molar-refractivity contribution in [3.8, 4) is 0 Å². The van der Waals surface area contributed by atoms with Gasteiger partial charge in [0.1, 0.15) is 0 Å². The quantitative estimate of drug-likeness (QED) is 0.225. The van der Waals surface area contributed by atoms with Crippen molar-refractivity contribution in [1.29, 1.82) is 0 Å². The Bertz CT molecular complexity index is 259. The van der Waals surface area contributed by atoms with Gasteiger partial charge in [0.05, 0.1) is 0 Å². The van der Waals surface area contributed by atoms with E-state index >= 15 is 0 Å². The zero-order chi connectivity index (χ0) is 8.41. The maximum absolute atomic E-state index is 9.51. The minimum Gasteiger partial charge on any atom is -2.00 e. The summed E-state index contributed by atoms with van der Waals surface area (Å²) in [6, 6.07) is 0. The summed E-state index contributed by atoms with van der Waals surface area (Å²) in [5, 5.41) is 0. The van der Waals surface area contributed by atoms with Crippen LogP contribution in [0, 0.1) is 0 Å². The molecule has 0 aliphatic heterocycles. The van der Waals surface area contributed by atoms with Crippen molar-refractivity contribution in [2.24, 2.45) is 0 Å². The van der Waals surface area contributed by atoms with Gasteiger partial charge in [-0.15, -0.1) is 0 Å². The van der Waals surface area contributed by atoms with E-state index in [0.29, 0.717) is 0 Å². The van der Waals surface area contributed by atoms with E-state index in [-0.39, 0.29) is 74.0 Å². The van der Waals surface area contributed by atoms with E-state index in [1.54, 1.807) is 0 Å². The van der Waals surface area contributed by atoms with Crippen molar-refractivity contribution in [2.75, 3.05) is 0 Å². The average Bonchev–Trinajstić information content (AvgIpc) is 1.57. The van der Waals surface area contributed by atoms with E-state index in [1.807, 2.05) is 0 Å². The predicted octanol–water partition coefficient (Wildman–Crippen LogP) is -7.34. The first-order chi connectivity index (χ1) is 4.21. The minimum absolute atomic E-state index is 0. The summed E-state index contributed by atoms with van der Waals surface area (Å²) in [4.78, 5) is 0. The van der Waals surface area contributed by atoms with Crippen LogP contribution in [0.25, 0.3) is 0 Å². The smallest absolute Gasteiger partial charge is 1.00 e. The molecule has 0 amide bonds. The van der Waals surface area contributed by atoms with Gasteiger partial charge in [-0.25, -0.2) is 0 Å². The molecule has 0 atom stereocenters. The Morgan fingerprint density at radius 2 is 1.00 bits per heavy atom. The van der Waals surface area contributed by atoms with Crippen molar-refractivity contribution in [2.45, 2.75) is 0 Å². The SMILES string of the molecule is O=S(=O)(O)OOS(=O)(=O)O.[H+].[Na+].[Na+].[S-2]. The first-order valence-electron chi connectivity index (χ1n) is 1.53. The molecule has 0 unspecified atom stereocenters. The van der Waals surface area contributed by atoms with Crippen LogP contribution >= 0.6 is 0 Å². The third kappa shape index (κ3) is 24.9. The second-order valence-electron chi connectivity index (χ2n) is 0.992. The van der Waals surface area contributed by atoms with E-state index in [1.165, 1.54) is 0 Å². The molecule has 13 heteroatoms. The van der Waals surface area contributed by atoms with E-state index in [9.17, 15) is 16.8 Å². The van der Waals surface area contributed by atoms with Gasteiger partial charge in [0.2, 0.25) is 0 Å². The van der Waals surface area contributed by atoms with Gasteiger partial charge in [-0.3, -0.25) is 9.11 Å². The van der Waals surface area contributed by atoms with E-state index in [0.717, 1.165) is 0 Å². The summed E-state index contributed by atoms with van der Waals surface area (Å²) >= 11 is 0. The Kier molecular flexibility index (Phi) is 17.5. The molecule has 0 spiro atoms. The molecule has 0 rings (SSSR count). The largest absolute Gasteiger partial charge is 2.00 e. The van der Waals surface area contributed by atoms with Gasteiger partial charge < -0.3 is 13.5 Å². The fourth-order valence-corrected chi connectivity index (χ4v) is 0.632. The van der Waals surface area contributed by atoms with Gasteiger partial charge in [0.15, 0.2) is 0 Å². The van der Waals surface area contributed by atoms with Crippen LogP contribution in [-0.4, -0.2) is 25.9 Å². The fourth-order valence-electron chi connectivity index (χ4n) is 0.0702. The molecule has 2 N–H and O–H groups in total. The van der Waals surface area contributed by atoms with Gasteiger partial charge in [-0.1, -0.05) is 8.67 Å². The minimum atomic E-state index is -5.02. The number of hydrogen-bond acceptors (Lipinski definition) is 6. The molecular weight excluding hydrogens is 270 g/mol. The summed E-state index contributed by atoms with van der Waals surface area (Å²) in [5.41, 5.74) is 0. The molecule has 70 valence electrons. The Morgan fingerprint density at radius 1 is 0.846 bits per heavy atom. The van der Waals surface area contributed by atoms with E-state index < -0.39 is 20.8 Å². The maximum atomic E-state index is 9.51. The van der Waals surface area contributed by atoms with Crippen molar-refractivity contribution in [1.82, 2.24) is 0 Å². The van der Waals surface area contributed by atoms with Crippen LogP contribution in [-0.2, 0) is 43.0 Å². The summed E-state index contributed by atoms with van der Waals surface area (Å²) in [5.74, 6) is 0. The molecule has 0 saturated heterocycles. The van der Waals surface area contributed by atoms with Crippen LogP contribution < -0.4 is 59.1 Å². The molecule has 0 bridgehead atoms. The van der Waals surface area contributed by atoms with Crippen molar-refractivity contribution in [3.05, 3.63) is 0 Å². The molecule has 8 nitrogen and oxygen atoms in total. The first-order valence-corrected chi connectivity index (χ1v) is 4.26. The zero-order valence-electron chi connectivity index (χ0n) is 7.57. The van der Waals surface area contributed by atoms with Gasteiger partial charge in [0.25, 0.3) is 0 Å². The van der Waals surface area contributed by atoms with Crippen LogP contribution in [0.3, 0.4) is 0 Å². The van der Waals surface area contributed by atoms with Crippen molar-refractivity contribution in [3.63, 3.8) is 0 Å². The molecule has 0 aromatic rings. The second kappa shape index (κ2) is 9.33. The van der Waals surface area contributed by atoms with Gasteiger partial charge in [-0.05, 0) is 0 Å². The average molecular weight is 273 g/mol. The summed E-state index contributed by atoms with van der Waals surface area (Å²) in [7, 11) is -10.0. The van der Waals surface area contributed by atoms with Gasteiger partial charge in [-0.2, -0.15) is 16.8 Å². The van der Waals surface area contributed by atoms with E-state index in [2.05, 4.69) is 8.67 Å². The molecule has 0 fully saturated rings. The van der Waals surface area contributed by atoms with Crippen molar-refractivity contribution >= 4 is 34.3 Å².